The van der Waals surface area contributed by atoms with Crippen LogP contribution in [0.5, 0.6) is 0 Å². The Morgan fingerprint density at radius 2 is 1.91 bits per heavy atom. The highest BCUT2D eigenvalue weighted by molar-refractivity contribution is 5.87. The van der Waals surface area contributed by atoms with Gasteiger partial charge in [-0.25, -0.2) is 4.79 Å². The Labute approximate surface area is 132 Å². The van der Waals surface area contributed by atoms with Gasteiger partial charge in [0.2, 0.25) is 0 Å². The van der Waals surface area contributed by atoms with Crippen molar-refractivity contribution in [2.24, 2.45) is 0 Å². The molecule has 3 aromatic rings. The molecule has 2 aromatic heterocycles. The van der Waals surface area contributed by atoms with Gasteiger partial charge < -0.3 is 9.63 Å². The van der Waals surface area contributed by atoms with Crippen LogP contribution in [0, 0.1) is 6.92 Å². The van der Waals surface area contributed by atoms with Crippen LogP contribution in [-0.2, 0) is 0 Å². The third kappa shape index (κ3) is 3.18. The molecule has 1 N–H and O–H groups in total. The van der Waals surface area contributed by atoms with E-state index in [9.17, 15) is 4.79 Å². The number of benzene rings is 1. The van der Waals surface area contributed by atoms with Crippen molar-refractivity contribution < 1.29 is 14.4 Å². The Balaban J connectivity index is 1.91. The molecule has 0 fully saturated rings. The number of hydrogen-bond donors (Lipinski definition) is 1. The monoisotopic (exact) mass is 306 g/mol. The number of carbonyl (C=O) groups is 1. The van der Waals surface area contributed by atoms with E-state index in [1.54, 1.807) is 12.1 Å². The average Bonchev–Trinajstić information content (AvgIpc) is 2.95. The van der Waals surface area contributed by atoms with Gasteiger partial charge in [0.1, 0.15) is 11.5 Å². The Morgan fingerprint density at radius 1 is 1.13 bits per heavy atom. The summed E-state index contributed by atoms with van der Waals surface area (Å²) >= 11 is 0. The number of carboxylic acids is 1. The SMILES string of the molecule is Cc1onc(-c2ccccc2)c1/C=C/c1ccc(C(=O)O)cn1. The van der Waals surface area contributed by atoms with Crippen LogP contribution in [0.4, 0.5) is 0 Å². The lowest BCUT2D eigenvalue weighted by atomic mass is 10.1. The van der Waals surface area contributed by atoms with E-state index in [0.717, 1.165) is 16.8 Å². The number of aromatic nitrogens is 2. The Morgan fingerprint density at radius 3 is 2.57 bits per heavy atom. The number of nitrogens with zero attached hydrogens (tertiary/aromatic N) is 2. The van der Waals surface area contributed by atoms with E-state index in [1.165, 1.54) is 12.3 Å². The van der Waals surface area contributed by atoms with Crippen molar-refractivity contribution in [1.29, 1.82) is 0 Å². The smallest absolute Gasteiger partial charge is 0.337 e. The lowest BCUT2D eigenvalue weighted by Gasteiger charge is -1.98. The summed E-state index contributed by atoms with van der Waals surface area (Å²) in [6.07, 6.45) is 5.01. The Hall–Kier alpha value is -3.21. The second kappa shape index (κ2) is 6.27. The molecule has 0 saturated carbocycles. The molecule has 0 aliphatic carbocycles. The summed E-state index contributed by atoms with van der Waals surface area (Å²) in [6, 6.07) is 12.9. The van der Waals surface area contributed by atoms with Gasteiger partial charge in [-0.05, 0) is 31.2 Å². The zero-order valence-corrected chi connectivity index (χ0v) is 12.4. The maximum Gasteiger partial charge on any atom is 0.337 e. The summed E-state index contributed by atoms with van der Waals surface area (Å²) in [4.78, 5) is 14.9. The van der Waals surface area contributed by atoms with Gasteiger partial charge in [0, 0.05) is 17.3 Å². The van der Waals surface area contributed by atoms with Gasteiger partial charge in [-0.2, -0.15) is 0 Å². The number of pyridine rings is 1. The first-order valence-corrected chi connectivity index (χ1v) is 7.04. The molecule has 23 heavy (non-hydrogen) atoms. The van der Waals surface area contributed by atoms with Gasteiger partial charge in [0.25, 0.3) is 0 Å². The van der Waals surface area contributed by atoms with Crippen LogP contribution >= 0.6 is 0 Å². The standard InChI is InChI=1S/C18H14N2O3/c1-12-16(17(20-23-12)13-5-3-2-4-6-13)10-9-15-8-7-14(11-19-15)18(21)22/h2-11H,1H3,(H,21,22)/b10-9+. The predicted octanol–water partition coefficient (Wildman–Crippen LogP) is 3.91. The Bertz CT molecular complexity index is 850. The van der Waals surface area contributed by atoms with Crippen LogP contribution in [0.15, 0.2) is 53.2 Å². The molecular weight excluding hydrogens is 292 g/mol. The molecule has 1 aromatic carbocycles. The van der Waals surface area contributed by atoms with Crippen molar-refractivity contribution in [2.45, 2.75) is 6.92 Å². The number of hydrogen-bond acceptors (Lipinski definition) is 4. The van der Waals surface area contributed by atoms with Gasteiger partial charge in [-0.1, -0.05) is 35.5 Å². The first-order chi connectivity index (χ1) is 11.1. The fourth-order valence-corrected chi connectivity index (χ4v) is 2.18. The highest BCUT2D eigenvalue weighted by Crippen LogP contribution is 2.26. The van der Waals surface area contributed by atoms with Gasteiger partial charge in [0.15, 0.2) is 0 Å². The number of carboxylic acid groups (broad SMARTS) is 1. The third-order valence-electron chi connectivity index (χ3n) is 3.41. The summed E-state index contributed by atoms with van der Waals surface area (Å²) in [5.74, 6) is -0.281. The van der Waals surface area contributed by atoms with E-state index in [0.29, 0.717) is 11.5 Å². The topological polar surface area (TPSA) is 76.2 Å². The van der Waals surface area contributed by atoms with Gasteiger partial charge in [0.05, 0.1) is 11.3 Å². The molecule has 5 heteroatoms. The average molecular weight is 306 g/mol. The predicted molar refractivity (Wildman–Crippen MR) is 86.8 cm³/mol. The molecule has 0 saturated heterocycles. The molecule has 0 aliphatic heterocycles. The third-order valence-corrected chi connectivity index (χ3v) is 3.41. The fraction of sp³-hybridized carbons (Fsp3) is 0.0556. The lowest BCUT2D eigenvalue weighted by Crippen LogP contribution is -1.96. The van der Waals surface area contributed by atoms with Crippen LogP contribution in [0.3, 0.4) is 0 Å². The molecule has 0 unspecified atom stereocenters. The normalized spacial score (nSPS) is 11.0. The molecule has 0 aliphatic rings. The zero-order valence-electron chi connectivity index (χ0n) is 12.4. The summed E-state index contributed by atoms with van der Waals surface area (Å²) in [5.41, 5.74) is 3.43. The van der Waals surface area contributed by atoms with E-state index in [4.69, 9.17) is 9.63 Å². The molecule has 3 rings (SSSR count). The summed E-state index contributed by atoms with van der Waals surface area (Å²) in [6.45, 7) is 1.85. The van der Waals surface area contributed by atoms with Crippen molar-refractivity contribution in [1.82, 2.24) is 10.1 Å². The Kier molecular flexibility index (Phi) is 4.01. The summed E-state index contributed by atoms with van der Waals surface area (Å²) in [5, 5.41) is 13.0. The molecule has 2 heterocycles. The maximum absolute atomic E-state index is 10.8. The van der Waals surface area contributed by atoms with E-state index in [1.807, 2.05) is 43.3 Å². The number of rotatable bonds is 4. The van der Waals surface area contributed by atoms with Crippen LogP contribution < -0.4 is 0 Å². The highest BCUT2D eigenvalue weighted by atomic mass is 16.5. The molecule has 0 spiro atoms. The number of aromatic carboxylic acids is 1. The number of aryl methyl sites for hydroxylation is 1. The highest BCUT2D eigenvalue weighted by Gasteiger charge is 2.11. The maximum atomic E-state index is 10.8. The first-order valence-electron chi connectivity index (χ1n) is 7.04. The second-order valence-electron chi connectivity index (χ2n) is 4.98. The molecular formula is C18H14N2O3. The van der Waals surface area contributed by atoms with Crippen molar-refractivity contribution in [3.8, 4) is 11.3 Å². The van der Waals surface area contributed by atoms with Crippen LogP contribution in [0.1, 0.15) is 27.4 Å². The van der Waals surface area contributed by atoms with Gasteiger partial charge in [-0.3, -0.25) is 4.98 Å². The van der Waals surface area contributed by atoms with E-state index < -0.39 is 5.97 Å². The zero-order chi connectivity index (χ0) is 16.2. The van der Waals surface area contributed by atoms with E-state index >= 15 is 0 Å². The van der Waals surface area contributed by atoms with Crippen molar-refractivity contribution >= 4 is 18.1 Å². The van der Waals surface area contributed by atoms with E-state index in [-0.39, 0.29) is 5.56 Å². The van der Waals surface area contributed by atoms with Gasteiger partial charge in [-0.15, -0.1) is 0 Å². The second-order valence-corrected chi connectivity index (χ2v) is 4.98. The minimum atomic E-state index is -0.991. The molecule has 114 valence electrons. The van der Waals surface area contributed by atoms with Crippen LogP contribution in [0.2, 0.25) is 0 Å². The van der Waals surface area contributed by atoms with Crippen molar-refractivity contribution in [3.63, 3.8) is 0 Å². The van der Waals surface area contributed by atoms with Crippen molar-refractivity contribution in [3.05, 3.63) is 71.2 Å². The minimum absolute atomic E-state index is 0.160. The molecule has 0 radical (unpaired) electrons. The molecule has 0 atom stereocenters. The molecule has 5 nitrogen and oxygen atoms in total. The quantitative estimate of drug-likeness (QED) is 0.790. The molecule has 0 amide bonds. The largest absolute Gasteiger partial charge is 0.478 e. The van der Waals surface area contributed by atoms with Crippen molar-refractivity contribution in [2.75, 3.05) is 0 Å². The molecule has 0 bridgehead atoms. The lowest BCUT2D eigenvalue weighted by molar-refractivity contribution is 0.0696. The van der Waals surface area contributed by atoms with Crippen LogP contribution in [-0.4, -0.2) is 21.2 Å². The summed E-state index contributed by atoms with van der Waals surface area (Å²) in [7, 11) is 0. The minimum Gasteiger partial charge on any atom is -0.478 e. The van der Waals surface area contributed by atoms with E-state index in [2.05, 4.69) is 10.1 Å². The first kappa shape index (κ1) is 14.7. The fourth-order valence-electron chi connectivity index (χ4n) is 2.18. The van der Waals surface area contributed by atoms with Gasteiger partial charge >= 0.3 is 5.97 Å². The summed E-state index contributed by atoms with van der Waals surface area (Å²) < 4.78 is 5.29. The van der Waals surface area contributed by atoms with Crippen LogP contribution in [0.25, 0.3) is 23.4 Å².